The molecule has 0 aromatic rings. The third-order valence-corrected chi connectivity index (χ3v) is 2.28. The van der Waals surface area contributed by atoms with E-state index in [1.807, 2.05) is 0 Å². The molecule has 15 heavy (non-hydrogen) atoms. The molecule has 6 nitrogen and oxygen atoms in total. The highest BCUT2D eigenvalue weighted by atomic mass is 16.5. The van der Waals surface area contributed by atoms with Gasteiger partial charge in [-0.1, -0.05) is 0 Å². The van der Waals surface area contributed by atoms with Crippen LogP contribution in [0.5, 0.6) is 0 Å². The van der Waals surface area contributed by atoms with Crippen molar-refractivity contribution in [2.75, 3.05) is 13.7 Å². The molecule has 3 atom stereocenters. The number of methoxy groups -OCH3 is 1. The minimum Gasteiger partial charge on any atom is -0.394 e. The van der Waals surface area contributed by atoms with E-state index >= 15 is 0 Å². The molecule has 4 N–H and O–H groups in total. The SMILES string of the molecule is COC(C)(C)C(=O)[C@@H](O)[C@H](O)[C@H](O)CO. The average Bonchev–Trinajstić information content (AvgIpc) is 2.24. The summed E-state index contributed by atoms with van der Waals surface area (Å²) in [5, 5.41) is 36.2. The van der Waals surface area contributed by atoms with Crippen molar-refractivity contribution in [2.45, 2.75) is 37.8 Å². The van der Waals surface area contributed by atoms with E-state index in [2.05, 4.69) is 0 Å². The summed E-state index contributed by atoms with van der Waals surface area (Å²) in [6, 6.07) is 0. The van der Waals surface area contributed by atoms with Crippen molar-refractivity contribution < 1.29 is 30.0 Å². The molecular weight excluding hydrogens is 204 g/mol. The largest absolute Gasteiger partial charge is 0.394 e. The molecule has 0 aromatic heterocycles. The molecule has 0 fully saturated rings. The van der Waals surface area contributed by atoms with Crippen LogP contribution in [0, 0.1) is 0 Å². The zero-order valence-corrected chi connectivity index (χ0v) is 9.04. The zero-order valence-electron chi connectivity index (χ0n) is 9.04. The number of carbonyl (C=O) groups excluding carboxylic acids is 1. The van der Waals surface area contributed by atoms with Crippen LogP contribution in [0.15, 0.2) is 0 Å². The van der Waals surface area contributed by atoms with Gasteiger partial charge in [-0.15, -0.1) is 0 Å². The van der Waals surface area contributed by atoms with Crippen LogP contribution in [0.25, 0.3) is 0 Å². The maximum Gasteiger partial charge on any atom is 0.195 e. The van der Waals surface area contributed by atoms with E-state index in [0.29, 0.717) is 0 Å². The Labute approximate surface area is 88.1 Å². The van der Waals surface area contributed by atoms with Crippen molar-refractivity contribution >= 4 is 5.78 Å². The molecule has 90 valence electrons. The monoisotopic (exact) mass is 222 g/mol. The average molecular weight is 222 g/mol. The van der Waals surface area contributed by atoms with Gasteiger partial charge in [0.15, 0.2) is 5.78 Å². The Morgan fingerprint density at radius 3 is 2.13 bits per heavy atom. The van der Waals surface area contributed by atoms with Gasteiger partial charge < -0.3 is 25.2 Å². The summed E-state index contributed by atoms with van der Waals surface area (Å²) in [7, 11) is 1.29. The lowest BCUT2D eigenvalue weighted by Crippen LogP contribution is -2.51. The fourth-order valence-electron chi connectivity index (χ4n) is 0.930. The number of ketones is 1. The van der Waals surface area contributed by atoms with Crippen molar-refractivity contribution in [3.8, 4) is 0 Å². The van der Waals surface area contributed by atoms with Gasteiger partial charge in [0, 0.05) is 7.11 Å². The van der Waals surface area contributed by atoms with E-state index in [1.54, 1.807) is 0 Å². The molecular formula is C9H18O6. The number of ether oxygens (including phenoxy) is 1. The molecule has 0 amide bonds. The van der Waals surface area contributed by atoms with Gasteiger partial charge >= 0.3 is 0 Å². The standard InChI is InChI=1S/C9H18O6/c1-9(2,15-3)8(14)7(13)6(12)5(11)4-10/h5-7,10-13H,4H2,1-3H3/t5-,6-,7+/m1/s1. The highest BCUT2D eigenvalue weighted by molar-refractivity contribution is 5.90. The summed E-state index contributed by atoms with van der Waals surface area (Å²) in [5.41, 5.74) is -1.25. The maximum absolute atomic E-state index is 11.5. The molecule has 0 aromatic carbocycles. The molecule has 6 heteroatoms. The number of aliphatic hydroxyl groups is 4. The number of aliphatic hydroxyl groups excluding tert-OH is 4. The molecule has 0 rings (SSSR count). The van der Waals surface area contributed by atoms with Gasteiger partial charge in [-0.3, -0.25) is 4.79 Å². The van der Waals surface area contributed by atoms with Crippen LogP contribution in [0.2, 0.25) is 0 Å². The van der Waals surface area contributed by atoms with E-state index in [-0.39, 0.29) is 0 Å². The van der Waals surface area contributed by atoms with Gasteiger partial charge in [-0.05, 0) is 13.8 Å². The molecule has 0 aliphatic rings. The Balaban J connectivity index is 4.58. The van der Waals surface area contributed by atoms with E-state index in [0.717, 1.165) is 0 Å². The van der Waals surface area contributed by atoms with Crippen LogP contribution in [0.4, 0.5) is 0 Å². The fourth-order valence-corrected chi connectivity index (χ4v) is 0.930. The van der Waals surface area contributed by atoms with Gasteiger partial charge in [0.05, 0.1) is 6.61 Å². The Bertz CT molecular complexity index is 215. The van der Waals surface area contributed by atoms with Crippen LogP contribution in [0.1, 0.15) is 13.8 Å². The normalized spacial score (nSPS) is 18.3. The van der Waals surface area contributed by atoms with Crippen molar-refractivity contribution in [1.29, 1.82) is 0 Å². The minimum absolute atomic E-state index is 0.737. The predicted octanol–water partition coefficient (Wildman–Crippen LogP) is -1.94. The first-order valence-corrected chi connectivity index (χ1v) is 4.52. The smallest absolute Gasteiger partial charge is 0.195 e. The highest BCUT2D eigenvalue weighted by Gasteiger charge is 2.38. The highest BCUT2D eigenvalue weighted by Crippen LogP contribution is 2.14. The summed E-state index contributed by atoms with van der Waals surface area (Å²) >= 11 is 0. The quantitative estimate of drug-likeness (QED) is 0.416. The molecule has 0 spiro atoms. The first-order valence-electron chi connectivity index (χ1n) is 4.52. The van der Waals surface area contributed by atoms with E-state index in [4.69, 9.17) is 14.9 Å². The van der Waals surface area contributed by atoms with Gasteiger partial charge in [0.1, 0.15) is 23.9 Å². The number of hydrogen-bond acceptors (Lipinski definition) is 6. The topological polar surface area (TPSA) is 107 Å². The van der Waals surface area contributed by atoms with Gasteiger partial charge in [-0.25, -0.2) is 0 Å². The Hall–Kier alpha value is -0.530. The number of Topliss-reactive ketones (excluding diaryl/α,β-unsaturated/α-hetero) is 1. The van der Waals surface area contributed by atoms with Crippen LogP contribution in [0.3, 0.4) is 0 Å². The van der Waals surface area contributed by atoms with Crippen molar-refractivity contribution in [3.63, 3.8) is 0 Å². The van der Waals surface area contributed by atoms with E-state index in [9.17, 15) is 15.0 Å². The van der Waals surface area contributed by atoms with Crippen molar-refractivity contribution in [2.24, 2.45) is 0 Å². The molecule has 0 saturated heterocycles. The molecule has 0 radical (unpaired) electrons. The Morgan fingerprint density at radius 1 is 1.33 bits per heavy atom. The van der Waals surface area contributed by atoms with Gasteiger partial charge in [0.25, 0.3) is 0 Å². The summed E-state index contributed by atoms with van der Waals surface area (Å²) in [6.07, 6.45) is -5.07. The number of rotatable bonds is 6. The van der Waals surface area contributed by atoms with Gasteiger partial charge in [0.2, 0.25) is 0 Å². The number of hydrogen-bond donors (Lipinski definition) is 4. The zero-order chi connectivity index (χ0) is 12.2. The maximum atomic E-state index is 11.5. The second-order valence-corrected chi connectivity index (χ2v) is 3.76. The van der Waals surface area contributed by atoms with Crippen molar-refractivity contribution in [3.05, 3.63) is 0 Å². The molecule has 0 aliphatic heterocycles. The second kappa shape index (κ2) is 5.53. The van der Waals surface area contributed by atoms with Crippen molar-refractivity contribution in [1.82, 2.24) is 0 Å². The Morgan fingerprint density at radius 2 is 1.80 bits per heavy atom. The predicted molar refractivity (Wildman–Crippen MR) is 51.2 cm³/mol. The first kappa shape index (κ1) is 14.5. The third kappa shape index (κ3) is 3.51. The summed E-state index contributed by atoms with van der Waals surface area (Å²) in [4.78, 5) is 11.5. The molecule has 0 aliphatic carbocycles. The van der Waals surface area contributed by atoms with Crippen LogP contribution >= 0.6 is 0 Å². The fraction of sp³-hybridized carbons (Fsp3) is 0.889. The molecule has 0 bridgehead atoms. The lowest BCUT2D eigenvalue weighted by Gasteiger charge is -2.28. The molecule has 0 heterocycles. The third-order valence-electron chi connectivity index (χ3n) is 2.28. The van der Waals surface area contributed by atoms with Crippen LogP contribution < -0.4 is 0 Å². The summed E-state index contributed by atoms with van der Waals surface area (Å²) in [5.74, 6) is -0.759. The lowest BCUT2D eigenvalue weighted by molar-refractivity contribution is -0.158. The first-order chi connectivity index (χ1) is 6.77. The summed E-state index contributed by atoms with van der Waals surface area (Å²) in [6.45, 7) is 2.12. The van der Waals surface area contributed by atoms with Crippen LogP contribution in [-0.2, 0) is 9.53 Å². The Kier molecular flexibility index (Phi) is 5.33. The van der Waals surface area contributed by atoms with E-state index in [1.165, 1.54) is 21.0 Å². The van der Waals surface area contributed by atoms with Gasteiger partial charge in [-0.2, -0.15) is 0 Å². The minimum atomic E-state index is -1.79. The second-order valence-electron chi connectivity index (χ2n) is 3.76. The number of carbonyl (C=O) groups is 1. The molecule has 0 unspecified atom stereocenters. The van der Waals surface area contributed by atoms with Crippen LogP contribution in [-0.4, -0.2) is 63.8 Å². The lowest BCUT2D eigenvalue weighted by atomic mass is 9.93. The van der Waals surface area contributed by atoms with E-state index < -0.39 is 36.3 Å². The molecule has 0 saturated carbocycles. The summed E-state index contributed by atoms with van der Waals surface area (Å²) < 4.78 is 4.82.